The van der Waals surface area contributed by atoms with Crippen molar-refractivity contribution in [2.24, 2.45) is 0 Å². The van der Waals surface area contributed by atoms with Gasteiger partial charge in [-0.1, -0.05) is 12.1 Å². The molecule has 1 heterocycles. The van der Waals surface area contributed by atoms with Crippen LogP contribution in [0, 0.1) is 10.1 Å². The Labute approximate surface area is 116 Å². The molecule has 0 amide bonds. The van der Waals surface area contributed by atoms with Crippen LogP contribution in [0.2, 0.25) is 0 Å². The molecule has 0 bridgehead atoms. The lowest BCUT2D eigenvalue weighted by Gasteiger charge is -2.07. The highest BCUT2D eigenvalue weighted by atomic mass is 32.1. The quantitative estimate of drug-likeness (QED) is 0.481. The fourth-order valence-corrected chi connectivity index (χ4v) is 3.07. The van der Waals surface area contributed by atoms with Crippen LogP contribution < -0.4 is 10.2 Å². The summed E-state index contributed by atoms with van der Waals surface area (Å²) in [5, 5.41) is 15.8. The van der Waals surface area contributed by atoms with E-state index in [1.807, 2.05) is 18.2 Å². The molecule has 0 aliphatic rings. The van der Waals surface area contributed by atoms with Crippen molar-refractivity contribution in [1.29, 1.82) is 0 Å². The Bertz CT molecular complexity index is 580. The SMILES string of the molecule is C[NH+](C)CCCNc1sc2ccccc2c1[N+](=O)[O-]. The predicted molar refractivity (Wildman–Crippen MR) is 79.3 cm³/mol. The maximum atomic E-state index is 11.2. The fraction of sp³-hybridized carbons (Fsp3) is 0.385. The van der Waals surface area contributed by atoms with Crippen LogP contribution >= 0.6 is 11.3 Å². The molecule has 0 spiro atoms. The Morgan fingerprint density at radius 1 is 1.37 bits per heavy atom. The van der Waals surface area contributed by atoms with E-state index in [2.05, 4.69) is 19.4 Å². The molecular formula is C13H18N3O2S+. The Balaban J connectivity index is 2.17. The van der Waals surface area contributed by atoms with E-state index in [-0.39, 0.29) is 10.6 Å². The molecule has 0 saturated heterocycles. The molecule has 0 radical (unpaired) electrons. The molecule has 0 aliphatic carbocycles. The third-order valence-electron chi connectivity index (χ3n) is 2.89. The van der Waals surface area contributed by atoms with Crippen molar-refractivity contribution in [3.05, 3.63) is 34.4 Å². The van der Waals surface area contributed by atoms with Gasteiger partial charge in [0.1, 0.15) is 0 Å². The molecule has 0 atom stereocenters. The monoisotopic (exact) mass is 280 g/mol. The van der Waals surface area contributed by atoms with Crippen molar-refractivity contribution >= 4 is 32.1 Å². The molecule has 102 valence electrons. The summed E-state index contributed by atoms with van der Waals surface area (Å²) in [6.45, 7) is 1.81. The van der Waals surface area contributed by atoms with Gasteiger partial charge in [0.25, 0.3) is 0 Å². The number of anilines is 1. The van der Waals surface area contributed by atoms with Crippen molar-refractivity contribution in [2.45, 2.75) is 6.42 Å². The van der Waals surface area contributed by atoms with Gasteiger partial charge in [-0.2, -0.15) is 0 Å². The molecule has 19 heavy (non-hydrogen) atoms. The zero-order valence-corrected chi connectivity index (χ0v) is 11.9. The van der Waals surface area contributed by atoms with Crippen molar-refractivity contribution < 1.29 is 9.82 Å². The molecule has 0 unspecified atom stereocenters. The molecule has 2 N–H and O–H groups in total. The number of rotatable bonds is 6. The topological polar surface area (TPSA) is 59.6 Å². The van der Waals surface area contributed by atoms with E-state index >= 15 is 0 Å². The van der Waals surface area contributed by atoms with Crippen molar-refractivity contribution in [2.75, 3.05) is 32.5 Å². The van der Waals surface area contributed by atoms with Gasteiger partial charge in [0, 0.05) is 17.7 Å². The molecule has 0 saturated carbocycles. The fourth-order valence-electron chi connectivity index (χ4n) is 1.98. The lowest BCUT2D eigenvalue weighted by molar-refractivity contribution is -0.858. The van der Waals surface area contributed by atoms with Crippen molar-refractivity contribution in [3.8, 4) is 0 Å². The second-order valence-electron chi connectivity index (χ2n) is 4.77. The second-order valence-corrected chi connectivity index (χ2v) is 5.82. The first-order valence-corrected chi connectivity index (χ1v) is 7.10. The van der Waals surface area contributed by atoms with Crippen molar-refractivity contribution in [3.63, 3.8) is 0 Å². The van der Waals surface area contributed by atoms with Crippen LogP contribution in [-0.4, -0.2) is 32.1 Å². The predicted octanol–water partition coefficient (Wildman–Crippen LogP) is 1.76. The van der Waals surface area contributed by atoms with Crippen LogP contribution in [0.25, 0.3) is 10.1 Å². The van der Waals surface area contributed by atoms with Crippen LogP contribution in [0.1, 0.15) is 6.42 Å². The highest BCUT2D eigenvalue weighted by Crippen LogP contribution is 2.41. The number of fused-ring (bicyclic) bond motifs is 1. The van der Waals surface area contributed by atoms with Gasteiger partial charge in [-0.05, 0) is 12.1 Å². The van der Waals surface area contributed by atoms with Gasteiger partial charge in [0.15, 0.2) is 5.00 Å². The van der Waals surface area contributed by atoms with E-state index in [0.29, 0.717) is 5.00 Å². The summed E-state index contributed by atoms with van der Waals surface area (Å²) in [6, 6.07) is 7.46. The van der Waals surface area contributed by atoms with Gasteiger partial charge < -0.3 is 10.2 Å². The molecule has 2 aromatic rings. The highest BCUT2D eigenvalue weighted by Gasteiger charge is 2.21. The Kier molecular flexibility index (Phi) is 4.34. The first-order valence-electron chi connectivity index (χ1n) is 6.28. The number of thiophene rings is 1. The zero-order valence-electron chi connectivity index (χ0n) is 11.1. The number of nitrogens with one attached hydrogen (secondary N) is 2. The first kappa shape index (κ1) is 13.8. The average Bonchev–Trinajstić information content (AvgIpc) is 2.72. The molecule has 1 aromatic heterocycles. The zero-order chi connectivity index (χ0) is 13.8. The Morgan fingerprint density at radius 3 is 2.79 bits per heavy atom. The highest BCUT2D eigenvalue weighted by molar-refractivity contribution is 7.23. The van der Waals surface area contributed by atoms with Gasteiger partial charge in [-0.15, -0.1) is 11.3 Å². The Hall–Kier alpha value is -1.66. The van der Waals surface area contributed by atoms with Gasteiger partial charge in [0.05, 0.1) is 30.9 Å². The van der Waals surface area contributed by atoms with E-state index in [1.54, 1.807) is 6.07 Å². The minimum atomic E-state index is -0.293. The lowest BCUT2D eigenvalue weighted by atomic mass is 10.2. The molecule has 2 rings (SSSR count). The molecule has 0 fully saturated rings. The molecule has 0 aliphatic heterocycles. The van der Waals surface area contributed by atoms with Crippen LogP contribution in [0.3, 0.4) is 0 Å². The van der Waals surface area contributed by atoms with Crippen LogP contribution in [0.15, 0.2) is 24.3 Å². The maximum Gasteiger partial charge on any atom is 0.311 e. The normalized spacial score (nSPS) is 11.1. The summed E-state index contributed by atoms with van der Waals surface area (Å²) in [5.74, 6) is 0. The number of quaternary nitrogens is 1. The van der Waals surface area contributed by atoms with Crippen LogP contribution in [-0.2, 0) is 0 Å². The number of hydrogen-bond acceptors (Lipinski definition) is 4. The summed E-state index contributed by atoms with van der Waals surface area (Å²) >= 11 is 1.45. The number of hydrogen-bond donors (Lipinski definition) is 2. The van der Waals surface area contributed by atoms with Crippen LogP contribution in [0.5, 0.6) is 0 Å². The number of nitrogens with zero attached hydrogens (tertiary/aromatic N) is 1. The largest absolute Gasteiger partial charge is 0.371 e. The minimum Gasteiger partial charge on any atom is -0.371 e. The minimum absolute atomic E-state index is 0.206. The van der Waals surface area contributed by atoms with E-state index in [9.17, 15) is 10.1 Å². The van der Waals surface area contributed by atoms with Gasteiger partial charge in [-0.3, -0.25) is 10.1 Å². The summed E-state index contributed by atoms with van der Waals surface area (Å²) < 4.78 is 0.954. The van der Waals surface area contributed by atoms with E-state index in [4.69, 9.17) is 0 Å². The lowest BCUT2D eigenvalue weighted by Crippen LogP contribution is -3.05. The van der Waals surface area contributed by atoms with E-state index < -0.39 is 0 Å². The molecule has 1 aromatic carbocycles. The first-order chi connectivity index (χ1) is 9.09. The second kappa shape index (κ2) is 5.99. The average molecular weight is 280 g/mol. The summed E-state index contributed by atoms with van der Waals surface area (Å²) in [4.78, 5) is 12.3. The smallest absolute Gasteiger partial charge is 0.311 e. The van der Waals surface area contributed by atoms with Crippen LogP contribution in [0.4, 0.5) is 10.7 Å². The van der Waals surface area contributed by atoms with Gasteiger partial charge in [-0.25, -0.2) is 0 Å². The maximum absolute atomic E-state index is 11.2. The Morgan fingerprint density at radius 2 is 2.11 bits per heavy atom. The third-order valence-corrected chi connectivity index (χ3v) is 4.01. The third kappa shape index (κ3) is 3.21. The van der Waals surface area contributed by atoms with Gasteiger partial charge in [0.2, 0.25) is 0 Å². The number of nitro groups is 1. The van der Waals surface area contributed by atoms with Crippen molar-refractivity contribution in [1.82, 2.24) is 0 Å². The van der Waals surface area contributed by atoms with E-state index in [0.717, 1.165) is 29.6 Å². The molecule has 5 nitrogen and oxygen atoms in total. The summed E-state index contributed by atoms with van der Waals surface area (Å²) in [5.41, 5.74) is 0.206. The number of benzene rings is 1. The molecular weight excluding hydrogens is 262 g/mol. The molecule has 6 heteroatoms. The van der Waals surface area contributed by atoms with Gasteiger partial charge >= 0.3 is 5.69 Å². The summed E-state index contributed by atoms with van der Waals surface area (Å²) in [7, 11) is 4.20. The van der Waals surface area contributed by atoms with E-state index in [1.165, 1.54) is 16.2 Å². The standard InChI is InChI=1S/C13H17N3O2S/c1-15(2)9-5-8-14-13-12(16(17)18)10-6-3-4-7-11(10)19-13/h3-4,6-7,14H,5,8-9H2,1-2H3/p+1. The summed E-state index contributed by atoms with van der Waals surface area (Å²) in [6.07, 6.45) is 0.994.